The molecule has 1 aromatic heterocycles. The van der Waals surface area contributed by atoms with E-state index in [-0.39, 0.29) is 5.91 Å². The van der Waals surface area contributed by atoms with Crippen LogP contribution in [0.3, 0.4) is 0 Å². The molecule has 6 nitrogen and oxygen atoms in total. The zero-order valence-electron chi connectivity index (χ0n) is 12.0. The van der Waals surface area contributed by atoms with E-state index in [1.807, 2.05) is 11.8 Å². The first-order valence-electron chi connectivity index (χ1n) is 6.76. The first-order valence-corrected chi connectivity index (χ1v) is 7.91. The molecule has 1 amide bonds. The second kappa shape index (κ2) is 7.44. The van der Waals surface area contributed by atoms with E-state index in [4.69, 9.17) is 0 Å². The number of carbonyl (C=O) groups is 1. The average Bonchev–Trinajstić information content (AvgIpc) is 2.48. The van der Waals surface area contributed by atoms with Crippen LogP contribution in [0, 0.1) is 0 Å². The van der Waals surface area contributed by atoms with E-state index >= 15 is 0 Å². The van der Waals surface area contributed by atoms with Crippen molar-refractivity contribution >= 4 is 23.5 Å². The molecule has 0 aliphatic carbocycles. The molecule has 0 bridgehead atoms. The zero-order chi connectivity index (χ0) is 14.4. The maximum atomic E-state index is 11.7. The smallest absolute Gasteiger partial charge is 0.273 e. The minimum absolute atomic E-state index is 0.130. The molecule has 1 aromatic rings. The van der Waals surface area contributed by atoms with Crippen LogP contribution in [-0.2, 0) is 0 Å². The van der Waals surface area contributed by atoms with Gasteiger partial charge in [-0.3, -0.25) is 9.69 Å². The van der Waals surface area contributed by atoms with Gasteiger partial charge in [0.1, 0.15) is 5.82 Å². The third-order valence-electron chi connectivity index (χ3n) is 3.13. The van der Waals surface area contributed by atoms with Crippen LogP contribution >= 0.6 is 11.8 Å². The van der Waals surface area contributed by atoms with E-state index in [0.29, 0.717) is 11.5 Å². The molecule has 2 heterocycles. The molecular weight excluding hydrogens is 274 g/mol. The number of nitrogens with zero attached hydrogens (tertiary/aromatic N) is 4. The van der Waals surface area contributed by atoms with Gasteiger partial charge in [0, 0.05) is 51.8 Å². The van der Waals surface area contributed by atoms with Gasteiger partial charge in [-0.2, -0.15) is 11.8 Å². The van der Waals surface area contributed by atoms with Crippen LogP contribution in [0.1, 0.15) is 10.5 Å². The highest BCUT2D eigenvalue weighted by Crippen LogP contribution is 2.08. The minimum Gasteiger partial charge on any atom is -0.367 e. The van der Waals surface area contributed by atoms with Crippen LogP contribution < -0.4 is 5.32 Å². The summed E-state index contributed by atoms with van der Waals surface area (Å²) in [6, 6.07) is 3.50. The second-order valence-electron chi connectivity index (χ2n) is 4.88. The fourth-order valence-electron chi connectivity index (χ4n) is 1.94. The van der Waals surface area contributed by atoms with Crippen LogP contribution in [0.2, 0.25) is 0 Å². The summed E-state index contributed by atoms with van der Waals surface area (Å²) in [6.07, 6.45) is 0. The molecule has 1 saturated heterocycles. The summed E-state index contributed by atoms with van der Waals surface area (Å²) in [4.78, 5) is 15.6. The normalized spacial score (nSPS) is 15.9. The molecule has 0 spiro atoms. The van der Waals surface area contributed by atoms with Gasteiger partial charge in [0.05, 0.1) is 0 Å². The summed E-state index contributed by atoms with van der Waals surface area (Å²) in [5, 5.41) is 11.2. The molecule has 1 aliphatic heterocycles. The van der Waals surface area contributed by atoms with Crippen LogP contribution in [0.25, 0.3) is 0 Å². The lowest BCUT2D eigenvalue weighted by Gasteiger charge is -2.26. The van der Waals surface area contributed by atoms with Crippen molar-refractivity contribution in [2.24, 2.45) is 0 Å². The van der Waals surface area contributed by atoms with E-state index in [1.165, 1.54) is 16.4 Å². The molecule has 2 rings (SSSR count). The molecular formula is C13H21N5OS. The molecule has 20 heavy (non-hydrogen) atoms. The van der Waals surface area contributed by atoms with Gasteiger partial charge in [-0.25, -0.2) is 0 Å². The largest absolute Gasteiger partial charge is 0.367 e. The van der Waals surface area contributed by atoms with Crippen molar-refractivity contribution in [3.8, 4) is 0 Å². The Kier molecular flexibility index (Phi) is 5.60. The minimum atomic E-state index is -0.130. The molecule has 1 N–H and O–H groups in total. The van der Waals surface area contributed by atoms with Crippen LogP contribution in [0.15, 0.2) is 12.1 Å². The standard InChI is InChI=1S/C13H21N5OS/c1-17(2)13(19)11-3-4-12(16-15-11)14-5-6-18-7-9-20-10-8-18/h3-4H,5-10H2,1-2H3,(H,14,16). The van der Waals surface area contributed by atoms with Gasteiger partial charge in [0.15, 0.2) is 5.69 Å². The Morgan fingerprint density at radius 3 is 2.70 bits per heavy atom. The molecule has 0 atom stereocenters. The zero-order valence-corrected chi connectivity index (χ0v) is 12.8. The Hall–Kier alpha value is -1.34. The van der Waals surface area contributed by atoms with Gasteiger partial charge in [-0.05, 0) is 12.1 Å². The van der Waals surface area contributed by atoms with Crippen molar-refractivity contribution < 1.29 is 4.79 Å². The number of aromatic nitrogens is 2. The Morgan fingerprint density at radius 2 is 2.10 bits per heavy atom. The number of rotatable bonds is 5. The van der Waals surface area contributed by atoms with Crippen molar-refractivity contribution in [1.82, 2.24) is 20.0 Å². The summed E-state index contributed by atoms with van der Waals surface area (Å²) in [5.74, 6) is 3.03. The Balaban J connectivity index is 1.77. The molecule has 0 unspecified atom stereocenters. The van der Waals surface area contributed by atoms with Crippen molar-refractivity contribution in [1.29, 1.82) is 0 Å². The monoisotopic (exact) mass is 295 g/mol. The van der Waals surface area contributed by atoms with Crippen LogP contribution in [0.4, 0.5) is 5.82 Å². The van der Waals surface area contributed by atoms with E-state index in [1.54, 1.807) is 26.2 Å². The maximum Gasteiger partial charge on any atom is 0.273 e. The van der Waals surface area contributed by atoms with Gasteiger partial charge in [-0.1, -0.05) is 0 Å². The molecule has 0 radical (unpaired) electrons. The predicted molar refractivity (Wildman–Crippen MR) is 82.3 cm³/mol. The van der Waals surface area contributed by atoms with E-state index < -0.39 is 0 Å². The number of hydrogen-bond donors (Lipinski definition) is 1. The summed E-state index contributed by atoms with van der Waals surface area (Å²) in [5.41, 5.74) is 0.369. The number of anilines is 1. The average molecular weight is 295 g/mol. The van der Waals surface area contributed by atoms with Crippen molar-refractivity contribution in [2.75, 3.05) is 57.1 Å². The van der Waals surface area contributed by atoms with Crippen LogP contribution in [-0.4, -0.2) is 77.7 Å². The van der Waals surface area contributed by atoms with E-state index in [9.17, 15) is 4.79 Å². The molecule has 110 valence electrons. The Labute approximate surface area is 123 Å². The Morgan fingerprint density at radius 1 is 1.35 bits per heavy atom. The molecule has 0 aromatic carbocycles. The number of hydrogen-bond acceptors (Lipinski definition) is 6. The second-order valence-corrected chi connectivity index (χ2v) is 6.11. The Bertz CT molecular complexity index is 431. The lowest BCUT2D eigenvalue weighted by Crippen LogP contribution is -2.36. The van der Waals surface area contributed by atoms with Crippen LogP contribution in [0.5, 0.6) is 0 Å². The van der Waals surface area contributed by atoms with Crippen molar-refractivity contribution in [3.05, 3.63) is 17.8 Å². The molecule has 1 aliphatic rings. The predicted octanol–water partition coefficient (Wildman–Crippen LogP) is 0.639. The summed E-state index contributed by atoms with van der Waals surface area (Å²) >= 11 is 2.01. The topological polar surface area (TPSA) is 61.4 Å². The number of amides is 1. The fraction of sp³-hybridized carbons (Fsp3) is 0.615. The lowest BCUT2D eigenvalue weighted by atomic mass is 10.3. The van der Waals surface area contributed by atoms with Gasteiger partial charge in [0.2, 0.25) is 0 Å². The van der Waals surface area contributed by atoms with E-state index in [2.05, 4.69) is 20.4 Å². The molecule has 1 fully saturated rings. The van der Waals surface area contributed by atoms with Crippen molar-refractivity contribution in [2.45, 2.75) is 0 Å². The molecule has 7 heteroatoms. The van der Waals surface area contributed by atoms with Gasteiger partial charge < -0.3 is 10.2 Å². The highest BCUT2D eigenvalue weighted by molar-refractivity contribution is 7.99. The van der Waals surface area contributed by atoms with E-state index in [0.717, 1.165) is 26.2 Å². The molecule has 0 saturated carbocycles. The van der Waals surface area contributed by atoms with Gasteiger partial charge >= 0.3 is 0 Å². The lowest BCUT2D eigenvalue weighted by molar-refractivity contribution is 0.0821. The summed E-state index contributed by atoms with van der Waals surface area (Å²) in [7, 11) is 3.40. The third kappa shape index (κ3) is 4.35. The number of nitrogens with one attached hydrogen (secondary N) is 1. The summed E-state index contributed by atoms with van der Waals surface area (Å²) in [6.45, 7) is 4.18. The first-order chi connectivity index (χ1) is 9.66. The highest BCUT2D eigenvalue weighted by Gasteiger charge is 2.11. The van der Waals surface area contributed by atoms with Gasteiger partial charge in [0.25, 0.3) is 5.91 Å². The fourth-order valence-corrected chi connectivity index (χ4v) is 2.92. The maximum absolute atomic E-state index is 11.7. The summed E-state index contributed by atoms with van der Waals surface area (Å²) < 4.78 is 0. The number of carbonyl (C=O) groups excluding carboxylic acids is 1. The SMILES string of the molecule is CN(C)C(=O)c1ccc(NCCN2CCSCC2)nn1. The quantitative estimate of drug-likeness (QED) is 0.860. The van der Waals surface area contributed by atoms with Gasteiger partial charge in [-0.15, -0.1) is 10.2 Å². The third-order valence-corrected chi connectivity index (χ3v) is 4.07. The first kappa shape index (κ1) is 15.1. The highest BCUT2D eigenvalue weighted by atomic mass is 32.2. The number of thioether (sulfide) groups is 1. The van der Waals surface area contributed by atoms with Crippen molar-refractivity contribution in [3.63, 3.8) is 0 Å².